The summed E-state index contributed by atoms with van der Waals surface area (Å²) < 4.78 is 9.46. The number of rotatable bonds is 8. The van der Waals surface area contributed by atoms with Crippen LogP contribution in [0.1, 0.15) is 22.4 Å². The first-order valence-electron chi connectivity index (χ1n) is 6.46. The summed E-state index contributed by atoms with van der Waals surface area (Å²) in [6.45, 7) is 5.39. The average Bonchev–Trinajstić information content (AvgIpc) is 2.98. The first kappa shape index (κ1) is 17.6. The molecule has 0 spiro atoms. The van der Waals surface area contributed by atoms with Gasteiger partial charge in [-0.1, -0.05) is 12.7 Å². The Balaban J connectivity index is 2.31. The molecule has 1 aromatic heterocycles. The van der Waals surface area contributed by atoms with Crippen LogP contribution in [0.5, 0.6) is 0 Å². The zero-order valence-electron chi connectivity index (χ0n) is 12.1. The molecule has 0 aromatic carbocycles. The number of nitrogens with one attached hydrogen (secondary N) is 2. The summed E-state index contributed by atoms with van der Waals surface area (Å²) in [6, 6.07) is 0. The highest BCUT2D eigenvalue weighted by atomic mass is 32.1. The first-order valence-corrected chi connectivity index (χ1v) is 7.34. The Kier molecular flexibility index (Phi) is 7.62. The summed E-state index contributed by atoms with van der Waals surface area (Å²) in [4.78, 5) is 38.1. The van der Waals surface area contributed by atoms with Gasteiger partial charge < -0.3 is 20.1 Å². The van der Waals surface area contributed by atoms with E-state index in [2.05, 4.69) is 26.9 Å². The third-order valence-corrected chi connectivity index (χ3v) is 3.05. The van der Waals surface area contributed by atoms with Gasteiger partial charge in [-0.05, 0) is 6.92 Å². The molecule has 0 radical (unpaired) electrons. The molecule has 120 valence electrons. The molecule has 0 aliphatic heterocycles. The largest absolute Gasteiger partial charge is 0.461 e. The molecule has 0 atom stereocenters. The van der Waals surface area contributed by atoms with E-state index in [4.69, 9.17) is 4.74 Å². The van der Waals surface area contributed by atoms with Gasteiger partial charge in [0.25, 0.3) is 0 Å². The monoisotopic (exact) mass is 327 g/mol. The van der Waals surface area contributed by atoms with Crippen LogP contribution in [0.3, 0.4) is 0 Å². The SMILES string of the molecule is C=CCOC(=O)NCC(=O)NCc1nc(C(=O)OCC)cs1. The van der Waals surface area contributed by atoms with Crippen LogP contribution in [0, 0.1) is 0 Å². The number of thiazole rings is 1. The maximum atomic E-state index is 11.5. The molecule has 1 rings (SSSR count). The van der Waals surface area contributed by atoms with E-state index >= 15 is 0 Å². The Morgan fingerprint density at radius 1 is 1.36 bits per heavy atom. The molecule has 1 heterocycles. The molecule has 0 saturated carbocycles. The standard InChI is InChI=1S/C13H17N3O5S/c1-3-5-21-13(19)15-6-10(17)14-7-11-16-9(8-22-11)12(18)20-4-2/h3,8H,1,4-7H2,2H3,(H,14,17)(H,15,19). The fraction of sp³-hybridized carbons (Fsp3) is 0.385. The van der Waals surface area contributed by atoms with Crippen LogP contribution in [0.25, 0.3) is 0 Å². The molecule has 0 saturated heterocycles. The van der Waals surface area contributed by atoms with Crippen molar-refractivity contribution in [3.05, 3.63) is 28.7 Å². The molecular weight excluding hydrogens is 310 g/mol. The van der Waals surface area contributed by atoms with Crippen molar-refractivity contribution >= 4 is 29.3 Å². The van der Waals surface area contributed by atoms with Crippen molar-refractivity contribution in [1.82, 2.24) is 15.6 Å². The van der Waals surface area contributed by atoms with E-state index < -0.39 is 18.0 Å². The van der Waals surface area contributed by atoms with Gasteiger partial charge in [-0.15, -0.1) is 11.3 Å². The van der Waals surface area contributed by atoms with Crippen LogP contribution < -0.4 is 10.6 Å². The van der Waals surface area contributed by atoms with Gasteiger partial charge in [0.15, 0.2) is 5.69 Å². The number of hydrogen-bond donors (Lipinski definition) is 2. The van der Waals surface area contributed by atoms with Crippen molar-refractivity contribution in [2.45, 2.75) is 13.5 Å². The van der Waals surface area contributed by atoms with Gasteiger partial charge >= 0.3 is 12.1 Å². The van der Waals surface area contributed by atoms with Gasteiger partial charge in [-0.25, -0.2) is 14.6 Å². The first-order chi connectivity index (χ1) is 10.6. The smallest absolute Gasteiger partial charge is 0.407 e. The van der Waals surface area contributed by atoms with Gasteiger partial charge in [-0.2, -0.15) is 0 Å². The number of hydrogen-bond acceptors (Lipinski definition) is 7. The predicted molar refractivity (Wildman–Crippen MR) is 79.5 cm³/mol. The van der Waals surface area contributed by atoms with E-state index in [1.165, 1.54) is 17.4 Å². The van der Waals surface area contributed by atoms with Gasteiger partial charge in [0.05, 0.1) is 13.2 Å². The molecule has 0 bridgehead atoms. The minimum absolute atomic E-state index is 0.0726. The van der Waals surface area contributed by atoms with E-state index in [1.807, 2.05) is 0 Å². The number of ether oxygens (including phenoxy) is 2. The number of amides is 2. The van der Waals surface area contributed by atoms with Gasteiger partial charge in [0.1, 0.15) is 18.2 Å². The lowest BCUT2D eigenvalue weighted by Gasteiger charge is -2.05. The van der Waals surface area contributed by atoms with Crippen LogP contribution in [-0.4, -0.2) is 42.7 Å². The van der Waals surface area contributed by atoms with Crippen LogP contribution in [0.2, 0.25) is 0 Å². The number of carbonyl (C=O) groups is 3. The van der Waals surface area contributed by atoms with Crippen molar-refractivity contribution < 1.29 is 23.9 Å². The van der Waals surface area contributed by atoms with Crippen molar-refractivity contribution in [3.8, 4) is 0 Å². The normalized spacial score (nSPS) is 9.68. The lowest BCUT2D eigenvalue weighted by Crippen LogP contribution is -2.36. The molecule has 0 aliphatic rings. The Morgan fingerprint density at radius 3 is 2.82 bits per heavy atom. The number of alkyl carbamates (subject to hydrolysis) is 1. The third kappa shape index (κ3) is 6.35. The number of aromatic nitrogens is 1. The van der Waals surface area contributed by atoms with Crippen molar-refractivity contribution in [2.75, 3.05) is 19.8 Å². The molecule has 0 fully saturated rings. The zero-order chi connectivity index (χ0) is 16.4. The summed E-state index contributed by atoms with van der Waals surface area (Å²) in [5.41, 5.74) is 0.210. The van der Waals surface area contributed by atoms with E-state index in [0.717, 1.165) is 0 Å². The third-order valence-electron chi connectivity index (χ3n) is 2.20. The van der Waals surface area contributed by atoms with Crippen LogP contribution in [-0.2, 0) is 20.8 Å². The Bertz CT molecular complexity index is 544. The molecule has 9 heteroatoms. The fourth-order valence-electron chi connectivity index (χ4n) is 1.27. The van der Waals surface area contributed by atoms with Gasteiger partial charge in [0.2, 0.25) is 5.91 Å². The number of esters is 1. The van der Waals surface area contributed by atoms with Crippen molar-refractivity contribution in [1.29, 1.82) is 0 Å². The average molecular weight is 327 g/mol. The van der Waals surface area contributed by atoms with E-state index in [1.54, 1.807) is 12.3 Å². The fourth-order valence-corrected chi connectivity index (χ4v) is 1.97. The van der Waals surface area contributed by atoms with Gasteiger partial charge in [-0.3, -0.25) is 4.79 Å². The van der Waals surface area contributed by atoms with Crippen molar-refractivity contribution in [2.24, 2.45) is 0 Å². The topological polar surface area (TPSA) is 107 Å². The van der Waals surface area contributed by atoms with Crippen molar-refractivity contribution in [3.63, 3.8) is 0 Å². The molecule has 0 unspecified atom stereocenters. The Labute approximate surface area is 131 Å². The minimum atomic E-state index is -0.700. The van der Waals surface area contributed by atoms with Crippen LogP contribution >= 0.6 is 11.3 Å². The molecule has 2 N–H and O–H groups in total. The number of nitrogens with zero attached hydrogens (tertiary/aromatic N) is 1. The second kappa shape index (κ2) is 9.50. The van der Waals surface area contributed by atoms with Crippen LogP contribution in [0.15, 0.2) is 18.0 Å². The lowest BCUT2D eigenvalue weighted by atomic mass is 10.5. The summed E-state index contributed by atoms with van der Waals surface area (Å²) in [5, 5.41) is 6.96. The second-order valence-corrected chi connectivity index (χ2v) is 4.81. The summed E-state index contributed by atoms with van der Waals surface area (Å²) >= 11 is 1.23. The molecule has 2 amide bonds. The summed E-state index contributed by atoms with van der Waals surface area (Å²) in [5.74, 6) is -0.897. The molecule has 22 heavy (non-hydrogen) atoms. The number of carbonyl (C=O) groups excluding carboxylic acids is 3. The maximum absolute atomic E-state index is 11.5. The highest BCUT2D eigenvalue weighted by molar-refractivity contribution is 7.09. The molecule has 0 aliphatic carbocycles. The lowest BCUT2D eigenvalue weighted by molar-refractivity contribution is -0.120. The Hall–Kier alpha value is -2.42. The molecule has 8 nitrogen and oxygen atoms in total. The quantitative estimate of drug-likeness (QED) is 0.541. The maximum Gasteiger partial charge on any atom is 0.407 e. The highest BCUT2D eigenvalue weighted by Crippen LogP contribution is 2.10. The predicted octanol–water partition coefficient (Wildman–Crippen LogP) is 0.848. The zero-order valence-corrected chi connectivity index (χ0v) is 12.9. The Morgan fingerprint density at radius 2 is 2.14 bits per heavy atom. The van der Waals surface area contributed by atoms with Crippen LogP contribution in [0.4, 0.5) is 4.79 Å². The van der Waals surface area contributed by atoms with E-state index in [0.29, 0.717) is 5.01 Å². The summed E-state index contributed by atoms with van der Waals surface area (Å²) in [7, 11) is 0. The van der Waals surface area contributed by atoms with E-state index in [-0.39, 0.29) is 32.0 Å². The summed E-state index contributed by atoms with van der Waals surface area (Å²) in [6.07, 6.45) is 0.720. The van der Waals surface area contributed by atoms with E-state index in [9.17, 15) is 14.4 Å². The second-order valence-electron chi connectivity index (χ2n) is 3.86. The minimum Gasteiger partial charge on any atom is -0.461 e. The molecule has 1 aromatic rings. The highest BCUT2D eigenvalue weighted by Gasteiger charge is 2.12. The molecular formula is C13H17N3O5S. The van der Waals surface area contributed by atoms with Gasteiger partial charge in [0, 0.05) is 5.38 Å².